The number of benzene rings is 1. The normalized spacial score (nSPS) is 10.7. The number of nitrogens with zero attached hydrogens (tertiary/aromatic N) is 1. The second-order valence-electron chi connectivity index (χ2n) is 3.66. The first-order chi connectivity index (χ1) is 5.41. The Kier molecular flexibility index (Phi) is 3.75. The van der Waals surface area contributed by atoms with E-state index in [2.05, 4.69) is 0 Å². The molecular weight excluding hydrogens is 234 g/mol. The Labute approximate surface area is 88.6 Å². The van der Waals surface area contributed by atoms with Gasteiger partial charge in [-0.25, -0.2) is 0 Å². The van der Waals surface area contributed by atoms with Gasteiger partial charge in [0, 0.05) is 6.07 Å². The molecule has 0 bridgehead atoms. The van der Waals surface area contributed by atoms with E-state index in [4.69, 9.17) is 5.11 Å². The third-order valence-corrected chi connectivity index (χ3v) is 1.67. The zero-order valence-corrected chi connectivity index (χ0v) is 9.66. The highest BCUT2D eigenvalue weighted by Crippen LogP contribution is 2.30. The molecular formula is C9H14BrNO2. The van der Waals surface area contributed by atoms with Crippen molar-refractivity contribution in [3.63, 3.8) is 0 Å². The van der Waals surface area contributed by atoms with E-state index in [0.29, 0.717) is 10.2 Å². The number of phenolic OH excluding ortho intramolecular Hbond substituents is 1. The van der Waals surface area contributed by atoms with Crippen LogP contribution in [0.3, 0.4) is 0 Å². The second-order valence-corrected chi connectivity index (χ2v) is 3.66. The molecule has 1 rings (SSSR count). The number of aromatic hydroxyl groups is 1. The summed E-state index contributed by atoms with van der Waals surface area (Å²) in [6.07, 6.45) is 0. The lowest BCUT2D eigenvalue weighted by Crippen LogP contribution is -2.35. The summed E-state index contributed by atoms with van der Waals surface area (Å²) < 4.78 is 0.424. The fourth-order valence-corrected chi connectivity index (χ4v) is 1.03. The van der Waals surface area contributed by atoms with E-state index >= 15 is 0 Å². The lowest BCUT2D eigenvalue weighted by Gasteiger charge is -2.27. The molecule has 0 aliphatic rings. The molecule has 0 saturated heterocycles. The van der Waals surface area contributed by atoms with Crippen molar-refractivity contribution in [2.24, 2.45) is 0 Å². The second kappa shape index (κ2) is 3.98. The van der Waals surface area contributed by atoms with Gasteiger partial charge in [-0.1, -0.05) is 6.07 Å². The summed E-state index contributed by atoms with van der Waals surface area (Å²) in [4.78, 5) is 0. The van der Waals surface area contributed by atoms with Crippen LogP contribution in [0, 0.1) is 0 Å². The van der Waals surface area contributed by atoms with E-state index in [9.17, 15) is 5.11 Å². The molecule has 0 heterocycles. The van der Waals surface area contributed by atoms with Crippen molar-refractivity contribution in [3.8, 4) is 11.5 Å². The lowest BCUT2D eigenvalue weighted by molar-refractivity contribution is -0.268. The average Bonchev–Trinajstić information content (AvgIpc) is 1.92. The number of quaternary nitrogens is 1. The Morgan fingerprint density at radius 2 is 1.77 bits per heavy atom. The number of rotatable bonds is 1. The van der Waals surface area contributed by atoms with Crippen molar-refractivity contribution >= 4 is 22.7 Å². The van der Waals surface area contributed by atoms with Gasteiger partial charge in [-0.2, -0.15) is 0 Å². The van der Waals surface area contributed by atoms with Crippen LogP contribution in [0.2, 0.25) is 0 Å². The van der Waals surface area contributed by atoms with Gasteiger partial charge >= 0.3 is 0 Å². The van der Waals surface area contributed by atoms with E-state index < -0.39 is 0 Å². The summed E-state index contributed by atoms with van der Waals surface area (Å²) in [5, 5.41) is 20.4. The third kappa shape index (κ3) is 2.90. The number of hydrogen-bond acceptors (Lipinski definition) is 2. The van der Waals surface area contributed by atoms with Crippen molar-refractivity contribution in [1.29, 1.82) is 0 Å². The number of hydrogen-bond donors (Lipinski definition) is 1. The molecule has 0 amide bonds. The van der Waals surface area contributed by atoms with Crippen LogP contribution in [-0.4, -0.2) is 26.2 Å². The van der Waals surface area contributed by atoms with E-state index in [1.54, 1.807) is 0 Å². The zero-order valence-electron chi connectivity index (χ0n) is 7.94. The summed E-state index contributed by atoms with van der Waals surface area (Å²) >= 11 is 0. The van der Waals surface area contributed by atoms with Gasteiger partial charge in [-0.3, -0.25) is 4.48 Å². The Balaban J connectivity index is 0.00000144. The van der Waals surface area contributed by atoms with Crippen molar-refractivity contribution < 1.29 is 10.2 Å². The first-order valence-corrected chi connectivity index (χ1v) is 3.73. The molecule has 0 aliphatic heterocycles. The Bertz CT molecular complexity index is 294. The molecule has 0 aromatic heterocycles. The topological polar surface area (TPSA) is 43.3 Å². The zero-order chi connectivity index (χ0) is 9.35. The maximum atomic E-state index is 11.3. The molecule has 0 unspecified atom stereocenters. The van der Waals surface area contributed by atoms with E-state index in [1.807, 2.05) is 21.1 Å². The fraction of sp³-hybridized carbons (Fsp3) is 0.333. The molecule has 1 N–H and O–H groups in total. The standard InChI is InChI=1S/C9H13NO2.BrH/c1-10(2,3)8-6-7(11)4-5-9(8)12;/h4-6H,1-3H3,(H-,11,12);1H. The molecule has 0 aliphatic carbocycles. The highest BCUT2D eigenvalue weighted by atomic mass is 79.9. The molecule has 4 heteroatoms. The van der Waals surface area contributed by atoms with Crippen molar-refractivity contribution in [3.05, 3.63) is 18.2 Å². The molecule has 1 aromatic carbocycles. The molecule has 0 radical (unpaired) electrons. The summed E-state index contributed by atoms with van der Waals surface area (Å²) in [7, 11) is 5.66. The van der Waals surface area contributed by atoms with Crippen LogP contribution in [0.25, 0.3) is 0 Å². The molecule has 0 saturated carbocycles. The average molecular weight is 248 g/mol. The fourth-order valence-electron chi connectivity index (χ4n) is 1.03. The van der Waals surface area contributed by atoms with E-state index in [-0.39, 0.29) is 28.5 Å². The number of phenols is 1. The summed E-state index contributed by atoms with van der Waals surface area (Å²) in [6, 6.07) is 4.29. The van der Waals surface area contributed by atoms with Gasteiger partial charge in [0.05, 0.1) is 21.1 Å². The van der Waals surface area contributed by atoms with Crippen LogP contribution in [0.5, 0.6) is 11.5 Å². The molecule has 0 atom stereocenters. The molecule has 74 valence electrons. The molecule has 13 heavy (non-hydrogen) atoms. The van der Waals surface area contributed by atoms with Crippen LogP contribution in [-0.2, 0) is 0 Å². The van der Waals surface area contributed by atoms with Gasteiger partial charge in [0.1, 0.15) is 11.4 Å². The number of halogens is 1. The SMILES string of the molecule is Br.C[N+](C)(C)c1cc(O)ccc1[O-]. The Morgan fingerprint density at radius 3 is 2.15 bits per heavy atom. The highest BCUT2D eigenvalue weighted by Gasteiger charge is 2.13. The van der Waals surface area contributed by atoms with Crippen molar-refractivity contribution in [2.75, 3.05) is 21.1 Å². The van der Waals surface area contributed by atoms with Crippen molar-refractivity contribution in [1.82, 2.24) is 4.48 Å². The minimum absolute atomic E-state index is 0. The van der Waals surface area contributed by atoms with Gasteiger partial charge in [0.2, 0.25) is 0 Å². The molecule has 0 spiro atoms. The minimum Gasteiger partial charge on any atom is -0.868 e. The maximum absolute atomic E-state index is 11.3. The highest BCUT2D eigenvalue weighted by molar-refractivity contribution is 8.93. The van der Waals surface area contributed by atoms with Crippen LogP contribution < -0.4 is 9.59 Å². The molecule has 3 nitrogen and oxygen atoms in total. The first-order valence-electron chi connectivity index (χ1n) is 3.73. The van der Waals surface area contributed by atoms with Gasteiger partial charge in [0.15, 0.2) is 0 Å². The van der Waals surface area contributed by atoms with Gasteiger partial charge in [0.25, 0.3) is 0 Å². The van der Waals surface area contributed by atoms with E-state index in [1.165, 1.54) is 18.2 Å². The summed E-state index contributed by atoms with van der Waals surface area (Å²) in [6.45, 7) is 0. The quantitative estimate of drug-likeness (QED) is 0.760. The minimum atomic E-state index is -0.0414. The van der Waals surface area contributed by atoms with E-state index in [0.717, 1.165) is 0 Å². The third-order valence-electron chi connectivity index (χ3n) is 1.67. The Hall–Kier alpha value is -0.740. The molecule has 1 aromatic rings. The lowest BCUT2D eigenvalue weighted by atomic mass is 10.2. The van der Waals surface area contributed by atoms with Gasteiger partial charge < -0.3 is 10.2 Å². The van der Waals surface area contributed by atoms with Crippen LogP contribution >= 0.6 is 17.0 Å². The van der Waals surface area contributed by atoms with Crippen LogP contribution in [0.4, 0.5) is 5.69 Å². The van der Waals surface area contributed by atoms with Gasteiger partial charge in [-0.15, -0.1) is 17.0 Å². The first kappa shape index (κ1) is 12.3. The van der Waals surface area contributed by atoms with Crippen LogP contribution in [0.1, 0.15) is 0 Å². The van der Waals surface area contributed by atoms with Crippen molar-refractivity contribution in [2.45, 2.75) is 0 Å². The maximum Gasteiger partial charge on any atom is 0.128 e. The Morgan fingerprint density at radius 1 is 1.23 bits per heavy atom. The largest absolute Gasteiger partial charge is 0.868 e. The smallest absolute Gasteiger partial charge is 0.128 e. The molecule has 0 fully saturated rings. The predicted octanol–water partition coefficient (Wildman–Crippen LogP) is 1.24. The monoisotopic (exact) mass is 247 g/mol. The predicted molar refractivity (Wildman–Crippen MR) is 57.4 cm³/mol. The summed E-state index contributed by atoms with van der Waals surface area (Å²) in [5.41, 5.74) is 0.593. The summed E-state index contributed by atoms with van der Waals surface area (Å²) in [5.74, 6) is 0.0953. The van der Waals surface area contributed by atoms with Gasteiger partial charge in [-0.05, 0) is 11.8 Å². The van der Waals surface area contributed by atoms with Crippen LogP contribution in [0.15, 0.2) is 18.2 Å².